The number of carbonyl (C=O) groups excluding carboxylic acids is 1. The van der Waals surface area contributed by atoms with Crippen molar-refractivity contribution in [3.8, 4) is 0 Å². The van der Waals surface area contributed by atoms with E-state index >= 15 is 0 Å². The summed E-state index contributed by atoms with van der Waals surface area (Å²) in [6, 6.07) is 13.2. The molecule has 1 atom stereocenters. The fourth-order valence-corrected chi connectivity index (χ4v) is 3.08. The van der Waals surface area contributed by atoms with E-state index in [2.05, 4.69) is 10.1 Å². The Morgan fingerprint density at radius 3 is 2.61 bits per heavy atom. The van der Waals surface area contributed by atoms with Crippen molar-refractivity contribution in [3.05, 3.63) is 71.7 Å². The van der Waals surface area contributed by atoms with Crippen LogP contribution in [0.2, 0.25) is 0 Å². The number of carbonyl (C=O) groups is 1. The second-order valence-electron chi connectivity index (χ2n) is 7.17. The third kappa shape index (κ3) is 6.07. The van der Waals surface area contributed by atoms with Gasteiger partial charge in [-0.3, -0.25) is 4.98 Å². The largest absolute Gasteiger partial charge is 0.503 e. The van der Waals surface area contributed by atoms with E-state index in [0.29, 0.717) is 17.0 Å². The maximum absolute atomic E-state index is 12.2. The van der Waals surface area contributed by atoms with Gasteiger partial charge in [0.2, 0.25) is 5.90 Å². The van der Waals surface area contributed by atoms with E-state index in [9.17, 15) is 4.79 Å². The summed E-state index contributed by atoms with van der Waals surface area (Å²) in [5, 5.41) is 4.33. The molecule has 0 saturated heterocycles. The van der Waals surface area contributed by atoms with Gasteiger partial charge >= 0.3 is 5.97 Å². The molecule has 7 heteroatoms. The van der Waals surface area contributed by atoms with E-state index < -0.39 is 5.97 Å². The summed E-state index contributed by atoms with van der Waals surface area (Å²) in [5.41, 5.74) is 2.67. The molecule has 1 aromatic heterocycles. The Labute approximate surface area is 182 Å². The minimum atomic E-state index is -0.477. The fourth-order valence-electron chi connectivity index (χ4n) is 3.08. The van der Waals surface area contributed by atoms with E-state index in [1.807, 2.05) is 49.4 Å². The van der Waals surface area contributed by atoms with Crippen LogP contribution in [0.1, 0.15) is 49.1 Å². The number of methoxy groups -OCH3 is 2. The standard InChI is InChI=1S/C24H28N2O5/c1-4-22(21-11-7-8-14-25-21)31-26-23(17-12-13-17)30-15-18-9-5-6-10-19(18)20(16-28-2)24(27)29-3/h5-11,14,16-17,22H,4,12-13,15H2,1-3H3/b20-16+,26-23+. The predicted molar refractivity (Wildman–Crippen MR) is 117 cm³/mol. The number of benzene rings is 1. The average molecular weight is 424 g/mol. The first-order chi connectivity index (χ1) is 15.2. The molecule has 1 fully saturated rings. The van der Waals surface area contributed by atoms with E-state index in [1.165, 1.54) is 20.5 Å². The fraction of sp³-hybridized carbons (Fsp3) is 0.375. The molecule has 1 unspecified atom stereocenters. The minimum Gasteiger partial charge on any atom is -0.503 e. The Bertz CT molecular complexity index is 923. The molecule has 164 valence electrons. The molecular weight excluding hydrogens is 396 g/mol. The molecule has 31 heavy (non-hydrogen) atoms. The summed E-state index contributed by atoms with van der Waals surface area (Å²) < 4.78 is 16.0. The third-order valence-electron chi connectivity index (χ3n) is 4.91. The van der Waals surface area contributed by atoms with Gasteiger partial charge in [-0.1, -0.05) is 42.4 Å². The SMILES string of the molecule is CCC(O/N=C(/OCc1ccccc1/C(=C\OC)C(=O)OC)C1CC1)c1ccccn1. The Morgan fingerprint density at radius 2 is 1.97 bits per heavy atom. The molecule has 2 aromatic rings. The summed E-state index contributed by atoms with van der Waals surface area (Å²) >= 11 is 0. The Balaban J connectivity index is 1.75. The number of hydrogen-bond donors (Lipinski definition) is 0. The molecule has 0 N–H and O–H groups in total. The summed E-state index contributed by atoms with van der Waals surface area (Å²) in [4.78, 5) is 22.3. The van der Waals surface area contributed by atoms with E-state index in [0.717, 1.165) is 30.5 Å². The van der Waals surface area contributed by atoms with E-state index in [-0.39, 0.29) is 18.6 Å². The van der Waals surface area contributed by atoms with Gasteiger partial charge in [0.1, 0.15) is 12.2 Å². The van der Waals surface area contributed by atoms with Crippen molar-refractivity contribution in [1.29, 1.82) is 0 Å². The summed E-state index contributed by atoms with van der Waals surface area (Å²) in [6.07, 6.45) is 5.66. The summed E-state index contributed by atoms with van der Waals surface area (Å²) in [7, 11) is 2.83. The van der Waals surface area contributed by atoms with Gasteiger partial charge in [-0.15, -0.1) is 0 Å². The quantitative estimate of drug-likeness (QED) is 0.138. The lowest BCUT2D eigenvalue weighted by Crippen LogP contribution is -2.12. The molecule has 0 bridgehead atoms. The Kier molecular flexibility index (Phi) is 8.04. The minimum absolute atomic E-state index is 0.235. The van der Waals surface area contributed by atoms with Crippen molar-refractivity contribution in [2.45, 2.75) is 38.9 Å². The lowest BCUT2D eigenvalue weighted by atomic mass is 10.0. The normalized spacial score (nSPS) is 15.2. The zero-order valence-corrected chi connectivity index (χ0v) is 18.1. The van der Waals surface area contributed by atoms with Crippen molar-refractivity contribution in [2.24, 2.45) is 11.1 Å². The van der Waals surface area contributed by atoms with Gasteiger partial charge in [-0.2, -0.15) is 0 Å². The first-order valence-corrected chi connectivity index (χ1v) is 10.3. The molecule has 3 rings (SSSR count). The highest BCUT2D eigenvalue weighted by molar-refractivity contribution is 6.16. The third-order valence-corrected chi connectivity index (χ3v) is 4.91. The molecule has 0 aliphatic heterocycles. The number of rotatable bonds is 10. The summed E-state index contributed by atoms with van der Waals surface area (Å²) in [5.74, 6) is 0.345. The van der Waals surface area contributed by atoms with Crippen LogP contribution in [0.3, 0.4) is 0 Å². The molecule has 0 radical (unpaired) electrons. The van der Waals surface area contributed by atoms with E-state index in [1.54, 1.807) is 6.20 Å². The van der Waals surface area contributed by atoms with Gasteiger partial charge in [0.05, 0.1) is 26.2 Å². The lowest BCUT2D eigenvalue weighted by Gasteiger charge is -2.15. The first-order valence-electron chi connectivity index (χ1n) is 10.3. The monoisotopic (exact) mass is 424 g/mol. The molecule has 1 heterocycles. The Hall–Kier alpha value is -3.35. The number of esters is 1. The second kappa shape index (κ2) is 11.2. The molecule has 1 aliphatic rings. The lowest BCUT2D eigenvalue weighted by molar-refractivity contribution is -0.133. The van der Waals surface area contributed by atoms with Gasteiger partial charge in [0, 0.05) is 12.1 Å². The highest BCUT2D eigenvalue weighted by Crippen LogP contribution is 2.33. The molecule has 7 nitrogen and oxygen atoms in total. The van der Waals surface area contributed by atoms with Crippen LogP contribution in [0.4, 0.5) is 0 Å². The van der Waals surface area contributed by atoms with Crippen LogP contribution >= 0.6 is 0 Å². The number of nitrogens with zero attached hydrogens (tertiary/aromatic N) is 2. The van der Waals surface area contributed by atoms with Crippen LogP contribution in [0, 0.1) is 5.92 Å². The van der Waals surface area contributed by atoms with Crippen LogP contribution in [0.15, 0.2) is 60.1 Å². The zero-order valence-electron chi connectivity index (χ0n) is 18.1. The zero-order chi connectivity index (χ0) is 22.1. The highest BCUT2D eigenvalue weighted by Gasteiger charge is 2.31. The van der Waals surface area contributed by atoms with Crippen molar-refractivity contribution < 1.29 is 23.8 Å². The Morgan fingerprint density at radius 1 is 1.19 bits per heavy atom. The average Bonchev–Trinajstić information content (AvgIpc) is 3.66. The first kappa shape index (κ1) is 22.3. The second-order valence-corrected chi connectivity index (χ2v) is 7.17. The smallest absolute Gasteiger partial charge is 0.341 e. The maximum Gasteiger partial charge on any atom is 0.341 e. The number of ether oxygens (including phenoxy) is 3. The van der Waals surface area contributed by atoms with Crippen molar-refractivity contribution in [1.82, 2.24) is 4.98 Å². The van der Waals surface area contributed by atoms with Gasteiger partial charge in [0.25, 0.3) is 0 Å². The number of hydrogen-bond acceptors (Lipinski definition) is 7. The van der Waals surface area contributed by atoms with Crippen LogP contribution in [-0.4, -0.2) is 31.1 Å². The molecule has 0 amide bonds. The molecule has 1 aromatic carbocycles. The van der Waals surface area contributed by atoms with Crippen LogP contribution in [0.5, 0.6) is 0 Å². The van der Waals surface area contributed by atoms with Gasteiger partial charge < -0.3 is 19.0 Å². The van der Waals surface area contributed by atoms with Gasteiger partial charge in [-0.05, 0) is 42.5 Å². The maximum atomic E-state index is 12.2. The summed E-state index contributed by atoms with van der Waals surface area (Å²) in [6.45, 7) is 2.27. The van der Waals surface area contributed by atoms with Crippen molar-refractivity contribution >= 4 is 17.4 Å². The van der Waals surface area contributed by atoms with Crippen LogP contribution in [-0.2, 0) is 30.4 Å². The topological polar surface area (TPSA) is 79.2 Å². The molecule has 0 spiro atoms. The number of pyridine rings is 1. The van der Waals surface area contributed by atoms with Gasteiger partial charge in [0.15, 0.2) is 6.10 Å². The van der Waals surface area contributed by atoms with Crippen LogP contribution in [0.25, 0.3) is 5.57 Å². The predicted octanol–water partition coefficient (Wildman–Crippen LogP) is 4.65. The number of aromatic nitrogens is 1. The highest BCUT2D eigenvalue weighted by atomic mass is 16.7. The van der Waals surface area contributed by atoms with Crippen LogP contribution < -0.4 is 0 Å². The molecule has 1 saturated carbocycles. The molecule has 1 aliphatic carbocycles. The van der Waals surface area contributed by atoms with Crippen molar-refractivity contribution in [2.75, 3.05) is 14.2 Å². The van der Waals surface area contributed by atoms with E-state index in [4.69, 9.17) is 19.0 Å². The van der Waals surface area contributed by atoms with Gasteiger partial charge in [-0.25, -0.2) is 4.79 Å². The molecular formula is C24H28N2O5. The van der Waals surface area contributed by atoms with Crippen molar-refractivity contribution in [3.63, 3.8) is 0 Å². The number of oxime groups is 1.